The second-order valence-corrected chi connectivity index (χ2v) is 7.60. The van der Waals surface area contributed by atoms with Gasteiger partial charge >= 0.3 is 0 Å². The Morgan fingerprint density at radius 2 is 1.93 bits per heavy atom. The van der Waals surface area contributed by atoms with E-state index in [-0.39, 0.29) is 11.8 Å². The maximum Gasteiger partial charge on any atom is 0.223 e. The third-order valence-corrected chi connectivity index (χ3v) is 5.14. The van der Waals surface area contributed by atoms with Gasteiger partial charge in [0, 0.05) is 23.6 Å². The van der Waals surface area contributed by atoms with Gasteiger partial charge in [-0.25, -0.2) is 4.98 Å². The Kier molecular flexibility index (Phi) is 6.43. The van der Waals surface area contributed by atoms with Crippen molar-refractivity contribution in [2.75, 3.05) is 13.7 Å². The van der Waals surface area contributed by atoms with Gasteiger partial charge in [0.1, 0.15) is 0 Å². The van der Waals surface area contributed by atoms with Crippen molar-refractivity contribution in [2.45, 2.75) is 46.0 Å². The summed E-state index contributed by atoms with van der Waals surface area (Å²) in [6.45, 7) is 5.09. The van der Waals surface area contributed by atoms with E-state index >= 15 is 0 Å². The highest BCUT2D eigenvalue weighted by molar-refractivity contribution is 5.78. The fraction of sp³-hybridized carbons (Fsp3) is 0.500. The summed E-state index contributed by atoms with van der Waals surface area (Å²) in [6.07, 6.45) is 4.18. The van der Waals surface area contributed by atoms with Gasteiger partial charge < -0.3 is 10.1 Å². The summed E-state index contributed by atoms with van der Waals surface area (Å²) in [4.78, 5) is 22.0. The minimum atomic E-state index is 0.0243. The molecule has 1 N–H and O–H groups in total. The Morgan fingerprint density at radius 1 is 1.19 bits per heavy atom. The lowest BCUT2D eigenvalue weighted by Gasteiger charge is -2.14. The fourth-order valence-electron chi connectivity index (χ4n) is 3.52. The van der Waals surface area contributed by atoms with Crippen LogP contribution in [0, 0.1) is 11.8 Å². The first kappa shape index (κ1) is 19.3. The number of nitrogens with zero attached hydrogens (tertiary/aromatic N) is 2. The number of fused-ring (bicyclic) bond motifs is 1. The summed E-state index contributed by atoms with van der Waals surface area (Å²) < 4.78 is 5.57. The standard InChI is InChI=1S/C22H29N3O2/c1-15(2)13-14-23-21(26)17-9-11-18-19(12-10-17)24-20(25-22(18)27-3)16-7-5-4-6-8-16/h4-8,15,17H,9-14H2,1-3H3,(H,23,26). The zero-order valence-electron chi connectivity index (χ0n) is 16.5. The van der Waals surface area contributed by atoms with Crippen LogP contribution in [0.3, 0.4) is 0 Å². The molecule has 2 aromatic rings. The van der Waals surface area contributed by atoms with Crippen LogP contribution in [-0.4, -0.2) is 29.5 Å². The number of nitrogens with one attached hydrogen (secondary N) is 1. The molecule has 3 rings (SSSR count). The van der Waals surface area contributed by atoms with Crippen molar-refractivity contribution in [3.05, 3.63) is 41.6 Å². The first-order valence-electron chi connectivity index (χ1n) is 9.85. The number of benzene rings is 1. The van der Waals surface area contributed by atoms with Crippen LogP contribution < -0.4 is 10.1 Å². The van der Waals surface area contributed by atoms with Gasteiger partial charge in [0.2, 0.25) is 11.8 Å². The molecule has 1 unspecified atom stereocenters. The summed E-state index contributed by atoms with van der Waals surface area (Å²) >= 11 is 0. The summed E-state index contributed by atoms with van der Waals surface area (Å²) in [5.74, 6) is 2.11. The molecule has 1 atom stereocenters. The van der Waals surface area contributed by atoms with Crippen LogP contribution in [0.15, 0.2) is 30.3 Å². The molecular formula is C22H29N3O2. The van der Waals surface area contributed by atoms with Crippen LogP contribution in [-0.2, 0) is 17.6 Å². The molecule has 5 heteroatoms. The fourth-order valence-corrected chi connectivity index (χ4v) is 3.52. The predicted octanol–water partition coefficient (Wildman–Crippen LogP) is 3.81. The van der Waals surface area contributed by atoms with E-state index in [1.807, 2.05) is 30.3 Å². The van der Waals surface area contributed by atoms with Crippen LogP contribution in [0.25, 0.3) is 11.4 Å². The number of aromatic nitrogens is 2. The molecular weight excluding hydrogens is 338 g/mol. The van der Waals surface area contributed by atoms with Crippen molar-refractivity contribution in [3.8, 4) is 17.3 Å². The average Bonchev–Trinajstić information content (AvgIpc) is 2.90. The van der Waals surface area contributed by atoms with Crippen LogP contribution in [0.4, 0.5) is 0 Å². The molecule has 1 aromatic heterocycles. The number of amides is 1. The highest BCUT2D eigenvalue weighted by Gasteiger charge is 2.26. The van der Waals surface area contributed by atoms with Crippen molar-refractivity contribution in [3.63, 3.8) is 0 Å². The van der Waals surface area contributed by atoms with Gasteiger partial charge in [0.15, 0.2) is 5.82 Å². The Labute approximate surface area is 161 Å². The molecule has 27 heavy (non-hydrogen) atoms. The summed E-state index contributed by atoms with van der Waals surface area (Å²) in [7, 11) is 1.65. The van der Waals surface area contributed by atoms with E-state index in [0.717, 1.165) is 55.5 Å². The van der Waals surface area contributed by atoms with E-state index in [1.54, 1.807) is 7.11 Å². The van der Waals surface area contributed by atoms with Crippen molar-refractivity contribution in [1.82, 2.24) is 15.3 Å². The lowest BCUT2D eigenvalue weighted by atomic mass is 9.98. The van der Waals surface area contributed by atoms with E-state index in [2.05, 4.69) is 24.1 Å². The number of methoxy groups -OCH3 is 1. The molecule has 0 spiro atoms. The zero-order chi connectivity index (χ0) is 19.2. The molecule has 1 heterocycles. The molecule has 0 aliphatic heterocycles. The van der Waals surface area contributed by atoms with Gasteiger partial charge in [-0.3, -0.25) is 4.79 Å². The number of hydrogen-bond donors (Lipinski definition) is 1. The number of carbonyl (C=O) groups is 1. The molecule has 0 radical (unpaired) electrons. The minimum absolute atomic E-state index is 0.0243. The Bertz CT molecular complexity index is 775. The number of aryl methyl sites for hydroxylation is 1. The van der Waals surface area contributed by atoms with Crippen molar-refractivity contribution in [2.24, 2.45) is 11.8 Å². The minimum Gasteiger partial charge on any atom is -0.481 e. The van der Waals surface area contributed by atoms with E-state index in [0.29, 0.717) is 17.6 Å². The van der Waals surface area contributed by atoms with Crippen LogP contribution in [0.1, 0.15) is 44.4 Å². The first-order chi connectivity index (χ1) is 13.1. The van der Waals surface area contributed by atoms with E-state index < -0.39 is 0 Å². The Morgan fingerprint density at radius 3 is 2.63 bits per heavy atom. The molecule has 5 nitrogen and oxygen atoms in total. The van der Waals surface area contributed by atoms with Gasteiger partial charge in [0.25, 0.3) is 0 Å². The van der Waals surface area contributed by atoms with Crippen LogP contribution in [0.5, 0.6) is 5.88 Å². The molecule has 0 bridgehead atoms. The normalized spacial score (nSPS) is 16.5. The molecule has 0 saturated carbocycles. The molecule has 1 aliphatic rings. The van der Waals surface area contributed by atoms with Crippen molar-refractivity contribution >= 4 is 5.91 Å². The largest absolute Gasteiger partial charge is 0.481 e. The lowest BCUT2D eigenvalue weighted by Crippen LogP contribution is -2.32. The Hall–Kier alpha value is -2.43. The number of rotatable bonds is 6. The van der Waals surface area contributed by atoms with Gasteiger partial charge in [-0.15, -0.1) is 0 Å². The van der Waals surface area contributed by atoms with E-state index in [9.17, 15) is 4.79 Å². The van der Waals surface area contributed by atoms with Gasteiger partial charge in [0.05, 0.1) is 12.8 Å². The predicted molar refractivity (Wildman–Crippen MR) is 107 cm³/mol. The maximum absolute atomic E-state index is 12.5. The quantitative estimate of drug-likeness (QED) is 0.789. The van der Waals surface area contributed by atoms with E-state index in [1.165, 1.54) is 0 Å². The molecule has 144 valence electrons. The number of carbonyl (C=O) groups excluding carboxylic acids is 1. The number of hydrogen-bond acceptors (Lipinski definition) is 4. The third kappa shape index (κ3) is 4.85. The summed E-state index contributed by atoms with van der Waals surface area (Å²) in [5.41, 5.74) is 3.04. The smallest absolute Gasteiger partial charge is 0.223 e. The lowest BCUT2D eigenvalue weighted by molar-refractivity contribution is -0.125. The average molecular weight is 367 g/mol. The summed E-state index contributed by atoms with van der Waals surface area (Å²) in [5, 5.41) is 3.10. The van der Waals surface area contributed by atoms with E-state index in [4.69, 9.17) is 9.72 Å². The second-order valence-electron chi connectivity index (χ2n) is 7.60. The zero-order valence-corrected chi connectivity index (χ0v) is 16.5. The molecule has 0 fully saturated rings. The van der Waals surface area contributed by atoms with Crippen LogP contribution in [0.2, 0.25) is 0 Å². The molecule has 1 aromatic carbocycles. The second kappa shape index (κ2) is 8.98. The highest BCUT2D eigenvalue weighted by atomic mass is 16.5. The monoisotopic (exact) mass is 367 g/mol. The molecule has 1 amide bonds. The third-order valence-electron chi connectivity index (χ3n) is 5.14. The topological polar surface area (TPSA) is 64.1 Å². The number of ether oxygens (including phenoxy) is 1. The van der Waals surface area contributed by atoms with Crippen molar-refractivity contribution in [1.29, 1.82) is 0 Å². The summed E-state index contributed by atoms with van der Waals surface area (Å²) in [6, 6.07) is 9.95. The highest BCUT2D eigenvalue weighted by Crippen LogP contribution is 2.31. The first-order valence-corrected chi connectivity index (χ1v) is 9.85. The van der Waals surface area contributed by atoms with Crippen LogP contribution >= 0.6 is 0 Å². The molecule has 0 saturated heterocycles. The Balaban J connectivity index is 1.76. The molecule has 1 aliphatic carbocycles. The SMILES string of the molecule is COc1nc(-c2ccccc2)nc2c1CCC(C(=O)NCCC(C)C)CC2. The maximum atomic E-state index is 12.5. The van der Waals surface area contributed by atoms with Gasteiger partial charge in [-0.05, 0) is 38.0 Å². The van der Waals surface area contributed by atoms with Gasteiger partial charge in [-0.2, -0.15) is 4.98 Å². The van der Waals surface area contributed by atoms with Gasteiger partial charge in [-0.1, -0.05) is 44.2 Å². The van der Waals surface area contributed by atoms with Crippen molar-refractivity contribution < 1.29 is 9.53 Å².